The fourth-order valence-corrected chi connectivity index (χ4v) is 1.37. The molecule has 1 aliphatic heterocycles. The van der Waals surface area contributed by atoms with Crippen LogP contribution >= 0.6 is 0 Å². The van der Waals surface area contributed by atoms with Crippen molar-refractivity contribution in [2.45, 2.75) is 25.0 Å². The molecule has 0 aliphatic carbocycles. The largest absolute Gasteiger partial charge is 0.499 e. The predicted molar refractivity (Wildman–Crippen MR) is 50.2 cm³/mol. The van der Waals surface area contributed by atoms with Gasteiger partial charge in [-0.25, -0.2) is 0 Å². The molecule has 0 amide bonds. The van der Waals surface area contributed by atoms with Crippen molar-refractivity contribution >= 4 is 0 Å². The standard InChI is InChI=1S/C10H16O3/c1-7(11-3)9-5-6-10(13-9)8(2)12-4/h9-10H,1-2,5-6H2,3-4H3. The van der Waals surface area contributed by atoms with E-state index in [9.17, 15) is 0 Å². The monoisotopic (exact) mass is 184 g/mol. The molecule has 0 aromatic heterocycles. The molecular weight excluding hydrogens is 168 g/mol. The summed E-state index contributed by atoms with van der Waals surface area (Å²) in [6.45, 7) is 7.51. The zero-order valence-electron chi connectivity index (χ0n) is 8.21. The van der Waals surface area contributed by atoms with E-state index >= 15 is 0 Å². The van der Waals surface area contributed by atoms with E-state index < -0.39 is 0 Å². The third-order valence-corrected chi connectivity index (χ3v) is 2.26. The number of hydrogen-bond donors (Lipinski definition) is 0. The van der Waals surface area contributed by atoms with Gasteiger partial charge in [-0.15, -0.1) is 0 Å². The van der Waals surface area contributed by atoms with E-state index in [4.69, 9.17) is 14.2 Å². The molecule has 0 radical (unpaired) electrons. The Balaban J connectivity index is 2.44. The quantitative estimate of drug-likeness (QED) is 0.624. The van der Waals surface area contributed by atoms with Crippen LogP contribution in [0.15, 0.2) is 24.7 Å². The Labute approximate surface area is 79.0 Å². The average Bonchev–Trinajstić information content (AvgIpc) is 2.64. The lowest BCUT2D eigenvalue weighted by Crippen LogP contribution is -2.15. The Hall–Kier alpha value is -0.960. The summed E-state index contributed by atoms with van der Waals surface area (Å²) in [6, 6.07) is 0. The fourth-order valence-electron chi connectivity index (χ4n) is 1.37. The predicted octanol–water partition coefficient (Wildman–Crippen LogP) is 1.85. The molecule has 0 aromatic rings. The normalized spacial score (nSPS) is 26.9. The van der Waals surface area contributed by atoms with Gasteiger partial charge < -0.3 is 14.2 Å². The topological polar surface area (TPSA) is 27.7 Å². The van der Waals surface area contributed by atoms with Crippen LogP contribution in [-0.4, -0.2) is 26.4 Å². The molecule has 0 aromatic carbocycles. The third kappa shape index (κ3) is 2.25. The van der Waals surface area contributed by atoms with E-state index in [0.717, 1.165) is 12.8 Å². The maximum absolute atomic E-state index is 5.62. The van der Waals surface area contributed by atoms with Crippen molar-refractivity contribution in [3.63, 3.8) is 0 Å². The van der Waals surface area contributed by atoms with Crippen LogP contribution in [0.5, 0.6) is 0 Å². The van der Waals surface area contributed by atoms with Crippen LogP contribution in [0.2, 0.25) is 0 Å². The van der Waals surface area contributed by atoms with Gasteiger partial charge in [0.25, 0.3) is 0 Å². The molecule has 74 valence electrons. The van der Waals surface area contributed by atoms with Gasteiger partial charge in [-0.05, 0) is 12.8 Å². The van der Waals surface area contributed by atoms with Crippen molar-refractivity contribution in [1.29, 1.82) is 0 Å². The highest BCUT2D eigenvalue weighted by Gasteiger charge is 2.30. The van der Waals surface area contributed by atoms with Crippen LogP contribution in [0.25, 0.3) is 0 Å². The zero-order valence-corrected chi connectivity index (χ0v) is 8.21. The molecule has 1 aliphatic rings. The van der Waals surface area contributed by atoms with Gasteiger partial charge in [0, 0.05) is 0 Å². The number of hydrogen-bond acceptors (Lipinski definition) is 3. The van der Waals surface area contributed by atoms with E-state index in [-0.39, 0.29) is 12.2 Å². The first-order valence-electron chi connectivity index (χ1n) is 4.30. The molecular formula is C10H16O3. The minimum atomic E-state index is -0.0121. The van der Waals surface area contributed by atoms with E-state index in [1.54, 1.807) is 14.2 Å². The van der Waals surface area contributed by atoms with E-state index in [2.05, 4.69) is 13.2 Å². The van der Waals surface area contributed by atoms with Gasteiger partial charge in [0.05, 0.1) is 14.2 Å². The second kappa shape index (κ2) is 4.33. The molecule has 1 heterocycles. The molecule has 1 fully saturated rings. The van der Waals surface area contributed by atoms with Gasteiger partial charge >= 0.3 is 0 Å². The Morgan fingerprint density at radius 3 is 1.77 bits per heavy atom. The molecule has 0 N–H and O–H groups in total. The highest BCUT2D eigenvalue weighted by Crippen LogP contribution is 2.28. The van der Waals surface area contributed by atoms with Gasteiger partial charge in [-0.2, -0.15) is 0 Å². The van der Waals surface area contributed by atoms with E-state index in [1.165, 1.54) is 0 Å². The molecule has 2 unspecified atom stereocenters. The van der Waals surface area contributed by atoms with Crippen molar-refractivity contribution in [3.8, 4) is 0 Å². The smallest absolute Gasteiger partial charge is 0.117 e. The summed E-state index contributed by atoms with van der Waals surface area (Å²) in [4.78, 5) is 0. The molecule has 3 heteroatoms. The molecule has 1 saturated heterocycles. The molecule has 0 bridgehead atoms. The molecule has 3 nitrogen and oxygen atoms in total. The summed E-state index contributed by atoms with van der Waals surface area (Å²) < 4.78 is 15.6. The zero-order chi connectivity index (χ0) is 9.84. The first kappa shape index (κ1) is 10.1. The van der Waals surface area contributed by atoms with Crippen molar-refractivity contribution in [2.75, 3.05) is 14.2 Å². The minimum Gasteiger partial charge on any atom is -0.499 e. The highest BCUT2D eigenvalue weighted by molar-refractivity contribution is 5.03. The minimum absolute atomic E-state index is 0.0121. The van der Waals surface area contributed by atoms with Gasteiger partial charge in [0.2, 0.25) is 0 Å². The van der Waals surface area contributed by atoms with E-state index in [1.807, 2.05) is 0 Å². The van der Waals surface area contributed by atoms with Gasteiger partial charge in [-0.3, -0.25) is 0 Å². The lowest BCUT2D eigenvalue weighted by molar-refractivity contribution is 0.0274. The molecule has 13 heavy (non-hydrogen) atoms. The Morgan fingerprint density at radius 1 is 1.08 bits per heavy atom. The summed E-state index contributed by atoms with van der Waals surface area (Å²) in [5.74, 6) is 1.35. The third-order valence-electron chi connectivity index (χ3n) is 2.26. The molecule has 1 rings (SSSR count). The lowest BCUT2D eigenvalue weighted by atomic mass is 10.1. The van der Waals surface area contributed by atoms with Crippen molar-refractivity contribution < 1.29 is 14.2 Å². The maximum atomic E-state index is 5.62. The number of ether oxygens (including phenoxy) is 3. The lowest BCUT2D eigenvalue weighted by Gasteiger charge is -2.15. The Bertz CT molecular complexity index is 188. The number of methoxy groups -OCH3 is 2. The Kier molecular flexibility index (Phi) is 3.37. The summed E-state index contributed by atoms with van der Waals surface area (Å²) in [6.07, 6.45) is 1.81. The van der Waals surface area contributed by atoms with Crippen LogP contribution in [-0.2, 0) is 14.2 Å². The summed E-state index contributed by atoms with van der Waals surface area (Å²) in [5.41, 5.74) is 0. The van der Waals surface area contributed by atoms with E-state index in [0.29, 0.717) is 11.5 Å². The first-order valence-corrected chi connectivity index (χ1v) is 4.30. The summed E-state index contributed by atoms with van der Waals surface area (Å²) in [7, 11) is 3.20. The van der Waals surface area contributed by atoms with Crippen LogP contribution in [0.4, 0.5) is 0 Å². The summed E-state index contributed by atoms with van der Waals surface area (Å²) in [5, 5.41) is 0. The maximum Gasteiger partial charge on any atom is 0.117 e. The molecule has 0 saturated carbocycles. The van der Waals surface area contributed by atoms with Gasteiger partial charge in [0.1, 0.15) is 23.7 Å². The molecule has 0 spiro atoms. The van der Waals surface area contributed by atoms with Crippen molar-refractivity contribution in [1.82, 2.24) is 0 Å². The van der Waals surface area contributed by atoms with Gasteiger partial charge in [0.15, 0.2) is 0 Å². The Morgan fingerprint density at radius 2 is 1.46 bits per heavy atom. The van der Waals surface area contributed by atoms with Crippen LogP contribution in [0.1, 0.15) is 12.8 Å². The average molecular weight is 184 g/mol. The summed E-state index contributed by atoms with van der Waals surface area (Å²) >= 11 is 0. The fraction of sp³-hybridized carbons (Fsp3) is 0.600. The van der Waals surface area contributed by atoms with Crippen molar-refractivity contribution in [2.24, 2.45) is 0 Å². The van der Waals surface area contributed by atoms with Crippen molar-refractivity contribution in [3.05, 3.63) is 24.7 Å². The van der Waals surface area contributed by atoms with Crippen LogP contribution in [0.3, 0.4) is 0 Å². The molecule has 2 atom stereocenters. The second-order valence-corrected chi connectivity index (χ2v) is 3.03. The first-order chi connectivity index (χ1) is 6.19. The van der Waals surface area contributed by atoms with Crippen LogP contribution in [0, 0.1) is 0 Å². The van der Waals surface area contributed by atoms with Crippen LogP contribution < -0.4 is 0 Å². The second-order valence-electron chi connectivity index (χ2n) is 3.03. The highest BCUT2D eigenvalue weighted by atomic mass is 16.6. The number of rotatable bonds is 4. The van der Waals surface area contributed by atoms with Gasteiger partial charge in [-0.1, -0.05) is 13.2 Å². The SMILES string of the molecule is C=C(OC)C1CCC(C(=C)OC)O1.